The molecule has 0 aliphatic heterocycles. The minimum absolute atomic E-state index is 0.0296. The highest BCUT2D eigenvalue weighted by atomic mass is 32.2. The molecule has 1 rings (SSSR count). The van der Waals surface area contributed by atoms with E-state index in [2.05, 4.69) is 10.0 Å². The Bertz CT molecular complexity index is 603. The van der Waals surface area contributed by atoms with Gasteiger partial charge in [-0.1, -0.05) is 0 Å². The molecule has 0 spiro atoms. The van der Waals surface area contributed by atoms with Crippen molar-refractivity contribution >= 4 is 21.8 Å². The molecule has 1 aromatic rings. The third-order valence-electron chi connectivity index (χ3n) is 2.62. The van der Waals surface area contributed by atoms with Crippen molar-refractivity contribution in [1.29, 1.82) is 0 Å². The van der Waals surface area contributed by atoms with Crippen LogP contribution in [0.25, 0.3) is 0 Å². The topological polar surface area (TPSA) is 114 Å². The van der Waals surface area contributed by atoms with E-state index in [1.54, 1.807) is 6.92 Å². The van der Waals surface area contributed by atoms with Gasteiger partial charge in [0.2, 0.25) is 10.0 Å². The van der Waals surface area contributed by atoms with Crippen LogP contribution in [-0.4, -0.2) is 46.5 Å². The Hall–Kier alpha value is -1.84. The highest BCUT2D eigenvalue weighted by molar-refractivity contribution is 7.89. The first-order valence-corrected chi connectivity index (χ1v) is 8.15. The summed E-state index contributed by atoms with van der Waals surface area (Å²) in [6, 6.07) is 4.07. The second-order valence-corrected chi connectivity index (χ2v) is 5.95. The maximum atomic E-state index is 12.1. The number of anilines is 1. The van der Waals surface area contributed by atoms with Crippen molar-refractivity contribution in [3.8, 4) is 5.75 Å². The standard InChI is InChI=1S/C13H20N2O6S/c1-3-21-13(17)15-11-9-10(5-6-12(11)20-2)22(18,19)14-7-4-8-16/h5-6,9,14,16H,3-4,7-8H2,1-2H3,(H,15,17). The number of benzene rings is 1. The number of carbonyl (C=O) groups is 1. The molecule has 0 bridgehead atoms. The molecule has 124 valence electrons. The van der Waals surface area contributed by atoms with Crippen LogP contribution in [0, 0.1) is 0 Å². The quantitative estimate of drug-likeness (QED) is 0.610. The first-order valence-electron chi connectivity index (χ1n) is 6.67. The fraction of sp³-hybridized carbons (Fsp3) is 0.462. The molecule has 0 saturated heterocycles. The summed E-state index contributed by atoms with van der Waals surface area (Å²) < 4.78 is 36.4. The number of nitrogens with one attached hydrogen (secondary N) is 2. The first kappa shape index (κ1) is 18.2. The first-order chi connectivity index (χ1) is 10.4. The molecule has 0 fully saturated rings. The van der Waals surface area contributed by atoms with Crippen molar-refractivity contribution in [3.63, 3.8) is 0 Å². The van der Waals surface area contributed by atoms with Crippen molar-refractivity contribution in [2.24, 2.45) is 0 Å². The predicted molar refractivity (Wildman–Crippen MR) is 80.5 cm³/mol. The molecule has 0 unspecified atom stereocenters. The van der Waals surface area contributed by atoms with Gasteiger partial charge in [-0.25, -0.2) is 17.9 Å². The fourth-order valence-corrected chi connectivity index (χ4v) is 2.70. The van der Waals surface area contributed by atoms with E-state index >= 15 is 0 Å². The summed E-state index contributed by atoms with van der Waals surface area (Å²) in [6.45, 7) is 1.85. The van der Waals surface area contributed by atoms with Crippen molar-refractivity contribution in [3.05, 3.63) is 18.2 Å². The van der Waals surface area contributed by atoms with Gasteiger partial charge in [0.1, 0.15) is 5.75 Å². The minimum atomic E-state index is -3.74. The lowest BCUT2D eigenvalue weighted by Crippen LogP contribution is -2.25. The average Bonchev–Trinajstić information content (AvgIpc) is 2.47. The molecule has 0 aromatic heterocycles. The van der Waals surface area contributed by atoms with Crippen LogP contribution < -0.4 is 14.8 Å². The molecule has 0 radical (unpaired) electrons. The molecule has 22 heavy (non-hydrogen) atoms. The molecule has 8 nitrogen and oxygen atoms in total. The zero-order valence-electron chi connectivity index (χ0n) is 12.5. The summed E-state index contributed by atoms with van der Waals surface area (Å²) >= 11 is 0. The number of hydrogen-bond acceptors (Lipinski definition) is 6. The van der Waals surface area contributed by atoms with Gasteiger partial charge in [0, 0.05) is 13.2 Å². The number of hydrogen-bond donors (Lipinski definition) is 3. The van der Waals surface area contributed by atoms with E-state index in [-0.39, 0.29) is 30.3 Å². The zero-order chi connectivity index (χ0) is 16.6. The second-order valence-electron chi connectivity index (χ2n) is 4.18. The predicted octanol–water partition coefficient (Wildman–Crippen LogP) is 0.924. The Morgan fingerprint density at radius 3 is 2.68 bits per heavy atom. The number of amides is 1. The third kappa shape index (κ3) is 5.17. The third-order valence-corrected chi connectivity index (χ3v) is 4.08. The van der Waals surface area contributed by atoms with Crippen LogP contribution >= 0.6 is 0 Å². The van der Waals surface area contributed by atoms with Gasteiger partial charge >= 0.3 is 6.09 Å². The summed E-state index contributed by atoms with van der Waals surface area (Å²) in [6.07, 6.45) is -0.396. The molecule has 0 aliphatic carbocycles. The van der Waals surface area contributed by atoms with Gasteiger partial charge in [0.05, 0.1) is 24.3 Å². The van der Waals surface area contributed by atoms with Crippen molar-refractivity contribution in [2.75, 3.05) is 32.2 Å². The maximum Gasteiger partial charge on any atom is 0.411 e. The summed E-state index contributed by atoms with van der Waals surface area (Å²) in [5.74, 6) is 0.308. The second kappa shape index (κ2) is 8.57. The van der Waals surface area contributed by atoms with E-state index in [9.17, 15) is 13.2 Å². The summed E-state index contributed by atoms with van der Waals surface area (Å²) in [4.78, 5) is 11.4. The lowest BCUT2D eigenvalue weighted by molar-refractivity contribution is 0.168. The van der Waals surface area contributed by atoms with Gasteiger partial charge in [0.25, 0.3) is 0 Å². The van der Waals surface area contributed by atoms with Gasteiger partial charge in [-0.3, -0.25) is 5.32 Å². The van der Waals surface area contributed by atoms with Crippen LogP contribution in [0.3, 0.4) is 0 Å². The van der Waals surface area contributed by atoms with E-state index in [1.165, 1.54) is 25.3 Å². The lowest BCUT2D eigenvalue weighted by atomic mass is 10.3. The van der Waals surface area contributed by atoms with E-state index in [4.69, 9.17) is 14.6 Å². The molecular formula is C13H20N2O6S. The van der Waals surface area contributed by atoms with E-state index in [0.717, 1.165) is 0 Å². The van der Waals surface area contributed by atoms with Gasteiger partial charge < -0.3 is 14.6 Å². The smallest absolute Gasteiger partial charge is 0.411 e. The Morgan fingerprint density at radius 1 is 1.36 bits per heavy atom. The van der Waals surface area contributed by atoms with Crippen LogP contribution in [0.2, 0.25) is 0 Å². The largest absolute Gasteiger partial charge is 0.495 e. The number of aliphatic hydroxyl groups is 1. The van der Waals surface area contributed by atoms with Crippen molar-refractivity contribution in [1.82, 2.24) is 4.72 Å². The molecule has 0 saturated carbocycles. The van der Waals surface area contributed by atoms with Gasteiger partial charge in [-0.15, -0.1) is 0 Å². The number of sulfonamides is 1. The maximum absolute atomic E-state index is 12.1. The number of rotatable bonds is 8. The Balaban J connectivity index is 3.00. The van der Waals surface area contributed by atoms with Gasteiger partial charge in [0.15, 0.2) is 0 Å². The molecule has 9 heteroatoms. The lowest BCUT2D eigenvalue weighted by Gasteiger charge is -2.12. The van der Waals surface area contributed by atoms with Crippen molar-refractivity contribution in [2.45, 2.75) is 18.2 Å². The molecule has 0 atom stereocenters. The van der Waals surface area contributed by atoms with Crippen LogP contribution in [0.1, 0.15) is 13.3 Å². The summed E-state index contributed by atoms with van der Waals surface area (Å²) in [5.41, 5.74) is 0.186. The molecular weight excluding hydrogens is 312 g/mol. The fourth-order valence-electron chi connectivity index (χ4n) is 1.60. The summed E-state index contributed by atoms with van der Waals surface area (Å²) in [7, 11) is -2.33. The van der Waals surface area contributed by atoms with E-state index < -0.39 is 16.1 Å². The van der Waals surface area contributed by atoms with Crippen LogP contribution in [0.5, 0.6) is 5.75 Å². The SMILES string of the molecule is CCOC(=O)Nc1cc(S(=O)(=O)NCCCO)ccc1OC. The molecule has 0 heterocycles. The van der Waals surface area contributed by atoms with E-state index in [1.807, 2.05) is 0 Å². The Kier molecular flexibility index (Phi) is 7.09. The van der Waals surface area contributed by atoms with Gasteiger partial charge in [-0.2, -0.15) is 0 Å². The normalized spacial score (nSPS) is 11.0. The molecule has 1 aromatic carbocycles. The highest BCUT2D eigenvalue weighted by Crippen LogP contribution is 2.27. The summed E-state index contributed by atoms with van der Waals surface area (Å²) in [5, 5.41) is 11.1. The molecule has 0 aliphatic rings. The van der Waals surface area contributed by atoms with Gasteiger partial charge in [-0.05, 0) is 31.5 Å². The van der Waals surface area contributed by atoms with Crippen LogP contribution in [-0.2, 0) is 14.8 Å². The average molecular weight is 332 g/mol. The minimum Gasteiger partial charge on any atom is -0.495 e. The molecule has 3 N–H and O–H groups in total. The number of aliphatic hydroxyl groups excluding tert-OH is 1. The highest BCUT2D eigenvalue weighted by Gasteiger charge is 2.17. The zero-order valence-corrected chi connectivity index (χ0v) is 13.3. The number of ether oxygens (including phenoxy) is 2. The molecule has 1 amide bonds. The van der Waals surface area contributed by atoms with Crippen LogP contribution in [0.4, 0.5) is 10.5 Å². The van der Waals surface area contributed by atoms with Crippen molar-refractivity contribution < 1.29 is 27.8 Å². The van der Waals surface area contributed by atoms with E-state index in [0.29, 0.717) is 12.2 Å². The number of methoxy groups -OCH3 is 1. The van der Waals surface area contributed by atoms with Crippen LogP contribution in [0.15, 0.2) is 23.1 Å². The number of carbonyl (C=O) groups excluding carboxylic acids is 1. The Morgan fingerprint density at radius 2 is 2.09 bits per heavy atom. The monoisotopic (exact) mass is 332 g/mol. The Labute approximate surface area is 129 Å².